The van der Waals surface area contributed by atoms with Crippen LogP contribution in [0.25, 0.3) is 0 Å². The predicted octanol–water partition coefficient (Wildman–Crippen LogP) is 2.22. The number of aromatic nitrogens is 1. The number of carbonyl (C=O) groups excluding carboxylic acids is 1. The Balaban J connectivity index is 1.23. The van der Waals surface area contributed by atoms with Crippen molar-refractivity contribution >= 4 is 6.03 Å². The highest BCUT2D eigenvalue weighted by Crippen LogP contribution is 2.20. The summed E-state index contributed by atoms with van der Waals surface area (Å²) in [7, 11) is 0. The van der Waals surface area contributed by atoms with Crippen LogP contribution in [0.4, 0.5) is 4.79 Å². The van der Waals surface area contributed by atoms with E-state index in [4.69, 9.17) is 0 Å². The van der Waals surface area contributed by atoms with Gasteiger partial charge in [0, 0.05) is 69.7 Å². The Kier molecular flexibility index (Phi) is 8.45. The summed E-state index contributed by atoms with van der Waals surface area (Å²) < 4.78 is 1.79. The number of piperidine rings is 1. The first-order chi connectivity index (χ1) is 16.4. The van der Waals surface area contributed by atoms with Gasteiger partial charge in [-0.2, -0.15) is 0 Å². The van der Waals surface area contributed by atoms with E-state index in [0.717, 1.165) is 43.7 Å². The molecular weight excluding hydrogens is 428 g/mol. The SMILES string of the molecule is C=C1CCN(Cc2cccn(CN3CCN(CC4CCN(CC(C)C)CC4)CC3)c2=O)C(=O)N1. The van der Waals surface area contributed by atoms with Crippen LogP contribution in [0.2, 0.25) is 0 Å². The van der Waals surface area contributed by atoms with Crippen molar-refractivity contribution < 1.29 is 4.79 Å². The number of amides is 2. The quantitative estimate of drug-likeness (QED) is 0.631. The first-order valence-electron chi connectivity index (χ1n) is 13.0. The van der Waals surface area contributed by atoms with Gasteiger partial charge in [0.2, 0.25) is 0 Å². The van der Waals surface area contributed by atoms with Gasteiger partial charge in [0.15, 0.2) is 0 Å². The van der Waals surface area contributed by atoms with E-state index in [9.17, 15) is 9.59 Å². The molecule has 8 nitrogen and oxygen atoms in total. The number of nitrogens with one attached hydrogen (secondary N) is 1. The standard InChI is InChI=1S/C26H42N6O2/c1-21(2)17-28-10-7-23(8-11-28)18-29-13-15-30(16-14-29)20-32-9-4-5-24(25(32)33)19-31-12-6-22(3)27-26(31)34/h4-5,9,21,23H,3,6-8,10-20H2,1-2H3,(H,27,34). The van der Waals surface area contributed by atoms with Gasteiger partial charge in [-0.25, -0.2) is 4.79 Å². The minimum Gasteiger partial charge on any atom is -0.320 e. The highest BCUT2D eigenvalue weighted by Gasteiger charge is 2.25. The average molecular weight is 471 g/mol. The molecule has 4 rings (SSSR count). The van der Waals surface area contributed by atoms with Gasteiger partial charge in [-0.1, -0.05) is 26.5 Å². The Morgan fingerprint density at radius 3 is 2.38 bits per heavy atom. The lowest BCUT2D eigenvalue weighted by molar-refractivity contribution is 0.0779. The molecule has 0 bridgehead atoms. The van der Waals surface area contributed by atoms with Crippen LogP contribution < -0.4 is 10.9 Å². The molecule has 3 saturated heterocycles. The molecule has 0 aliphatic carbocycles. The van der Waals surface area contributed by atoms with Gasteiger partial charge in [-0.3, -0.25) is 9.69 Å². The lowest BCUT2D eigenvalue weighted by Crippen LogP contribution is -2.50. The van der Waals surface area contributed by atoms with Crippen molar-refractivity contribution in [1.82, 2.24) is 29.5 Å². The zero-order chi connectivity index (χ0) is 24.1. The predicted molar refractivity (Wildman–Crippen MR) is 135 cm³/mol. The third-order valence-corrected chi connectivity index (χ3v) is 7.38. The molecule has 0 saturated carbocycles. The van der Waals surface area contributed by atoms with Crippen molar-refractivity contribution in [3.8, 4) is 0 Å². The maximum Gasteiger partial charge on any atom is 0.321 e. The summed E-state index contributed by atoms with van der Waals surface area (Å²) in [5, 5.41) is 2.76. The third kappa shape index (κ3) is 6.71. The molecule has 0 radical (unpaired) electrons. The zero-order valence-electron chi connectivity index (χ0n) is 21.0. The van der Waals surface area contributed by atoms with E-state index in [1.807, 2.05) is 18.3 Å². The molecule has 3 fully saturated rings. The monoisotopic (exact) mass is 470 g/mol. The molecule has 188 valence electrons. The highest BCUT2D eigenvalue weighted by molar-refractivity contribution is 5.77. The number of hydrogen-bond donors (Lipinski definition) is 1. The molecule has 2 amide bonds. The second kappa shape index (κ2) is 11.5. The van der Waals surface area contributed by atoms with E-state index in [-0.39, 0.29) is 11.6 Å². The first-order valence-corrected chi connectivity index (χ1v) is 13.0. The van der Waals surface area contributed by atoms with Crippen LogP contribution in [0.3, 0.4) is 0 Å². The lowest BCUT2D eigenvalue weighted by Gasteiger charge is -2.39. The summed E-state index contributed by atoms with van der Waals surface area (Å²) in [4.78, 5) is 34.5. The molecule has 0 unspecified atom stereocenters. The summed E-state index contributed by atoms with van der Waals surface area (Å²) in [6.07, 6.45) is 5.21. The zero-order valence-corrected chi connectivity index (χ0v) is 21.0. The molecule has 34 heavy (non-hydrogen) atoms. The van der Waals surface area contributed by atoms with E-state index in [0.29, 0.717) is 31.7 Å². The summed E-state index contributed by atoms with van der Waals surface area (Å²) in [5.41, 5.74) is 1.39. The van der Waals surface area contributed by atoms with E-state index in [1.165, 1.54) is 39.0 Å². The highest BCUT2D eigenvalue weighted by atomic mass is 16.2. The number of rotatable bonds is 8. The second-order valence-corrected chi connectivity index (χ2v) is 10.7. The first kappa shape index (κ1) is 24.9. The second-order valence-electron chi connectivity index (χ2n) is 10.7. The van der Waals surface area contributed by atoms with Crippen LogP contribution >= 0.6 is 0 Å². The van der Waals surface area contributed by atoms with Crippen molar-refractivity contribution in [3.63, 3.8) is 0 Å². The minimum absolute atomic E-state index is 0.00436. The van der Waals surface area contributed by atoms with E-state index < -0.39 is 0 Å². The Morgan fingerprint density at radius 2 is 1.71 bits per heavy atom. The topological polar surface area (TPSA) is 64.1 Å². The van der Waals surface area contributed by atoms with Crippen molar-refractivity contribution in [2.45, 2.75) is 46.3 Å². The summed E-state index contributed by atoms with van der Waals surface area (Å²) in [6, 6.07) is 3.58. The van der Waals surface area contributed by atoms with Crippen LogP contribution in [-0.2, 0) is 13.2 Å². The van der Waals surface area contributed by atoms with Crippen molar-refractivity contribution in [1.29, 1.82) is 0 Å². The molecule has 8 heteroatoms. The number of urea groups is 1. The molecule has 1 aromatic heterocycles. The smallest absolute Gasteiger partial charge is 0.320 e. The maximum atomic E-state index is 13.1. The van der Waals surface area contributed by atoms with E-state index in [2.05, 4.69) is 40.4 Å². The average Bonchev–Trinajstić information content (AvgIpc) is 2.80. The Labute approximate surface area is 204 Å². The fourth-order valence-electron chi connectivity index (χ4n) is 5.40. The number of nitrogens with zero attached hydrogens (tertiary/aromatic N) is 5. The molecule has 0 aromatic carbocycles. The molecule has 1 N–H and O–H groups in total. The van der Waals surface area contributed by atoms with Gasteiger partial charge in [-0.15, -0.1) is 0 Å². The van der Waals surface area contributed by atoms with E-state index in [1.54, 1.807) is 9.47 Å². The number of hydrogen-bond acceptors (Lipinski definition) is 5. The van der Waals surface area contributed by atoms with Gasteiger partial charge in [0.1, 0.15) is 0 Å². The number of likely N-dealkylation sites (tertiary alicyclic amines) is 1. The largest absolute Gasteiger partial charge is 0.321 e. The van der Waals surface area contributed by atoms with Gasteiger partial charge in [0.25, 0.3) is 5.56 Å². The van der Waals surface area contributed by atoms with Crippen LogP contribution in [0.15, 0.2) is 35.4 Å². The molecule has 1 aromatic rings. The Bertz CT molecular complexity index is 897. The van der Waals surface area contributed by atoms with Crippen molar-refractivity contribution in [2.24, 2.45) is 11.8 Å². The lowest BCUT2D eigenvalue weighted by atomic mass is 9.95. The molecule has 0 spiro atoms. The maximum absolute atomic E-state index is 13.1. The van der Waals surface area contributed by atoms with Gasteiger partial charge < -0.3 is 24.6 Å². The third-order valence-electron chi connectivity index (χ3n) is 7.38. The number of pyridine rings is 1. The van der Waals surface area contributed by atoms with Crippen LogP contribution in [0.1, 0.15) is 38.7 Å². The normalized spacial score (nSPS) is 21.9. The van der Waals surface area contributed by atoms with Crippen molar-refractivity contribution in [2.75, 3.05) is 58.9 Å². The van der Waals surface area contributed by atoms with Gasteiger partial charge in [0.05, 0.1) is 13.2 Å². The molecule has 0 atom stereocenters. The van der Waals surface area contributed by atoms with E-state index >= 15 is 0 Å². The van der Waals surface area contributed by atoms with Crippen LogP contribution in [0, 0.1) is 11.8 Å². The Morgan fingerprint density at radius 1 is 1.00 bits per heavy atom. The number of carbonyl (C=O) groups is 1. The molecule has 4 heterocycles. The molecule has 3 aliphatic heterocycles. The van der Waals surface area contributed by atoms with Gasteiger partial charge >= 0.3 is 6.03 Å². The van der Waals surface area contributed by atoms with Crippen LogP contribution in [-0.4, -0.2) is 89.1 Å². The summed E-state index contributed by atoms with van der Waals surface area (Å²) in [5.74, 6) is 1.57. The van der Waals surface area contributed by atoms with Crippen LogP contribution in [0.5, 0.6) is 0 Å². The van der Waals surface area contributed by atoms with Crippen molar-refractivity contribution in [3.05, 3.63) is 46.5 Å². The summed E-state index contributed by atoms with van der Waals surface area (Å²) >= 11 is 0. The summed E-state index contributed by atoms with van der Waals surface area (Å²) in [6.45, 7) is 19.0. The fourth-order valence-corrected chi connectivity index (χ4v) is 5.40. The number of piperazine rings is 1. The molecular formula is C26H42N6O2. The molecule has 3 aliphatic rings. The fraction of sp³-hybridized carbons (Fsp3) is 0.692. The Hall–Kier alpha value is -2.16. The van der Waals surface area contributed by atoms with Gasteiger partial charge in [-0.05, 0) is 43.8 Å². The minimum atomic E-state index is -0.173.